The van der Waals surface area contributed by atoms with Crippen LogP contribution in [0.25, 0.3) is 0 Å². The summed E-state index contributed by atoms with van der Waals surface area (Å²) in [6.07, 6.45) is 0.508. The van der Waals surface area contributed by atoms with Gasteiger partial charge in [-0.05, 0) is 12.0 Å². The Balaban J connectivity index is 2.87. The van der Waals surface area contributed by atoms with Gasteiger partial charge in [0.05, 0.1) is 13.2 Å². The highest BCUT2D eigenvalue weighted by molar-refractivity contribution is 5.88. The van der Waals surface area contributed by atoms with Gasteiger partial charge in [0.1, 0.15) is 0 Å². The molecule has 0 radical (unpaired) electrons. The van der Waals surface area contributed by atoms with Crippen molar-refractivity contribution in [2.24, 2.45) is 5.73 Å². The first-order valence-electron chi connectivity index (χ1n) is 5.78. The van der Waals surface area contributed by atoms with Gasteiger partial charge in [0.15, 0.2) is 6.04 Å². The van der Waals surface area contributed by atoms with E-state index in [-0.39, 0.29) is 5.91 Å². The van der Waals surface area contributed by atoms with Gasteiger partial charge >= 0.3 is 5.97 Å². The summed E-state index contributed by atoms with van der Waals surface area (Å²) in [4.78, 5) is 23.4. The Hall–Kier alpha value is -1.88. The lowest BCUT2D eigenvalue weighted by Crippen LogP contribution is -2.44. The van der Waals surface area contributed by atoms with E-state index in [9.17, 15) is 9.59 Å². The van der Waals surface area contributed by atoms with E-state index in [1.807, 2.05) is 6.07 Å². The van der Waals surface area contributed by atoms with Crippen molar-refractivity contribution >= 4 is 11.9 Å². The van der Waals surface area contributed by atoms with E-state index in [0.717, 1.165) is 0 Å². The molecule has 98 valence electrons. The Labute approximate surface area is 106 Å². The fourth-order valence-electron chi connectivity index (χ4n) is 1.48. The van der Waals surface area contributed by atoms with E-state index in [1.165, 1.54) is 7.11 Å². The van der Waals surface area contributed by atoms with Crippen LogP contribution in [0.2, 0.25) is 0 Å². The van der Waals surface area contributed by atoms with E-state index >= 15 is 0 Å². The third kappa shape index (κ3) is 3.56. The fourth-order valence-corrected chi connectivity index (χ4v) is 1.48. The summed E-state index contributed by atoms with van der Waals surface area (Å²) < 4.78 is 4.69. The summed E-state index contributed by atoms with van der Waals surface area (Å²) in [6.45, 7) is 1.81. The lowest BCUT2D eigenvalue weighted by molar-refractivity contribution is -0.145. The zero-order valence-corrected chi connectivity index (χ0v) is 10.6. The molecule has 0 aliphatic carbocycles. The Morgan fingerprint density at radius 3 is 2.44 bits per heavy atom. The number of carbonyl (C=O) groups excluding carboxylic acids is 2. The van der Waals surface area contributed by atoms with Crippen molar-refractivity contribution in [3.05, 3.63) is 35.9 Å². The van der Waals surface area contributed by atoms with Crippen LogP contribution in [0.15, 0.2) is 30.3 Å². The average Bonchev–Trinajstić information content (AvgIpc) is 2.43. The number of nitrogens with two attached hydrogens (primary N) is 1. The van der Waals surface area contributed by atoms with Crippen LogP contribution in [0.1, 0.15) is 24.9 Å². The molecule has 0 saturated heterocycles. The van der Waals surface area contributed by atoms with E-state index in [1.54, 1.807) is 31.2 Å². The number of esters is 1. The second kappa shape index (κ2) is 6.76. The third-order valence-electron chi connectivity index (χ3n) is 2.63. The van der Waals surface area contributed by atoms with Crippen molar-refractivity contribution < 1.29 is 14.3 Å². The number of nitrogens with one attached hydrogen (secondary N) is 1. The molecule has 0 aliphatic heterocycles. The number of carbonyl (C=O) groups is 2. The highest BCUT2D eigenvalue weighted by Gasteiger charge is 2.25. The molecule has 1 rings (SSSR count). The molecule has 18 heavy (non-hydrogen) atoms. The normalized spacial score (nSPS) is 13.5. The molecule has 1 aromatic carbocycles. The predicted molar refractivity (Wildman–Crippen MR) is 67.6 cm³/mol. The molecule has 0 aliphatic rings. The topological polar surface area (TPSA) is 81.4 Å². The second-order valence-electron chi connectivity index (χ2n) is 3.89. The maximum atomic E-state index is 11.7. The summed E-state index contributed by atoms with van der Waals surface area (Å²) in [6, 6.07) is 7.46. The van der Waals surface area contributed by atoms with Gasteiger partial charge < -0.3 is 15.8 Å². The smallest absolute Gasteiger partial charge is 0.333 e. The second-order valence-corrected chi connectivity index (χ2v) is 3.89. The molecule has 2 unspecified atom stereocenters. The molecule has 0 fully saturated rings. The molecule has 0 bridgehead atoms. The SMILES string of the molecule is CCC(N)C(=O)NC(C(=O)OC)c1ccccc1. The molecule has 5 heteroatoms. The van der Waals surface area contributed by atoms with Gasteiger partial charge in [-0.15, -0.1) is 0 Å². The first kappa shape index (κ1) is 14.2. The highest BCUT2D eigenvalue weighted by atomic mass is 16.5. The van der Waals surface area contributed by atoms with Crippen LogP contribution >= 0.6 is 0 Å². The minimum Gasteiger partial charge on any atom is -0.467 e. The molecule has 0 aromatic heterocycles. The van der Waals surface area contributed by atoms with Crippen LogP contribution in [0.4, 0.5) is 0 Å². The van der Waals surface area contributed by atoms with E-state index in [4.69, 9.17) is 5.73 Å². The van der Waals surface area contributed by atoms with Crippen molar-refractivity contribution in [2.45, 2.75) is 25.4 Å². The molecule has 3 N–H and O–H groups in total. The van der Waals surface area contributed by atoms with Gasteiger partial charge in [0.2, 0.25) is 5.91 Å². The summed E-state index contributed by atoms with van der Waals surface area (Å²) in [5.74, 6) is -0.880. The van der Waals surface area contributed by atoms with Crippen LogP contribution in [0, 0.1) is 0 Å². The Morgan fingerprint density at radius 2 is 1.94 bits per heavy atom. The Kier molecular flexibility index (Phi) is 5.32. The van der Waals surface area contributed by atoms with Gasteiger partial charge in [-0.25, -0.2) is 4.79 Å². The molecule has 5 nitrogen and oxygen atoms in total. The number of benzene rings is 1. The van der Waals surface area contributed by atoms with Crippen molar-refractivity contribution in [1.82, 2.24) is 5.32 Å². The van der Waals surface area contributed by atoms with Crippen LogP contribution in [-0.4, -0.2) is 25.0 Å². The summed E-state index contributed by atoms with van der Waals surface area (Å²) in [7, 11) is 1.28. The fraction of sp³-hybridized carbons (Fsp3) is 0.385. The lowest BCUT2D eigenvalue weighted by Gasteiger charge is -2.18. The van der Waals surface area contributed by atoms with Crippen molar-refractivity contribution in [3.8, 4) is 0 Å². The van der Waals surface area contributed by atoms with Crippen LogP contribution < -0.4 is 11.1 Å². The number of hydrogen-bond donors (Lipinski definition) is 2. The largest absolute Gasteiger partial charge is 0.467 e. The minimum absolute atomic E-state index is 0.364. The van der Waals surface area contributed by atoms with E-state index < -0.39 is 18.1 Å². The van der Waals surface area contributed by atoms with Crippen LogP contribution in [0.3, 0.4) is 0 Å². The van der Waals surface area contributed by atoms with Gasteiger partial charge in [-0.3, -0.25) is 4.79 Å². The summed E-state index contributed by atoms with van der Waals surface area (Å²) in [5.41, 5.74) is 6.29. The van der Waals surface area contributed by atoms with Crippen molar-refractivity contribution in [2.75, 3.05) is 7.11 Å². The van der Waals surface area contributed by atoms with E-state index in [0.29, 0.717) is 12.0 Å². The molecule has 1 aromatic rings. The molecular weight excluding hydrogens is 232 g/mol. The van der Waals surface area contributed by atoms with Gasteiger partial charge in [-0.1, -0.05) is 37.3 Å². The molecular formula is C13H18N2O3. The van der Waals surface area contributed by atoms with Crippen molar-refractivity contribution in [1.29, 1.82) is 0 Å². The molecule has 2 atom stereocenters. The minimum atomic E-state index is -0.818. The predicted octanol–water partition coefficient (Wildman–Crippen LogP) is 0.754. The summed E-state index contributed by atoms with van der Waals surface area (Å²) >= 11 is 0. The zero-order valence-electron chi connectivity index (χ0n) is 10.6. The van der Waals surface area contributed by atoms with Gasteiger partial charge in [-0.2, -0.15) is 0 Å². The zero-order chi connectivity index (χ0) is 13.5. The van der Waals surface area contributed by atoms with E-state index in [2.05, 4.69) is 10.1 Å². The monoisotopic (exact) mass is 250 g/mol. The quantitative estimate of drug-likeness (QED) is 0.756. The van der Waals surface area contributed by atoms with Gasteiger partial charge in [0.25, 0.3) is 0 Å². The standard InChI is InChI=1S/C13H18N2O3/c1-3-10(14)12(16)15-11(13(17)18-2)9-7-5-4-6-8-9/h4-8,10-11H,3,14H2,1-2H3,(H,15,16). The highest BCUT2D eigenvalue weighted by Crippen LogP contribution is 2.14. The maximum Gasteiger partial charge on any atom is 0.333 e. The molecule has 1 amide bonds. The number of amides is 1. The van der Waals surface area contributed by atoms with Gasteiger partial charge in [0, 0.05) is 0 Å². The number of hydrogen-bond acceptors (Lipinski definition) is 4. The lowest BCUT2D eigenvalue weighted by atomic mass is 10.1. The van der Waals surface area contributed by atoms with Crippen LogP contribution in [0.5, 0.6) is 0 Å². The molecule has 0 heterocycles. The van der Waals surface area contributed by atoms with Crippen LogP contribution in [-0.2, 0) is 14.3 Å². The number of ether oxygens (including phenoxy) is 1. The average molecular weight is 250 g/mol. The molecule has 0 saturated carbocycles. The molecule has 0 spiro atoms. The first-order chi connectivity index (χ1) is 8.60. The third-order valence-corrected chi connectivity index (χ3v) is 2.63. The number of rotatable bonds is 5. The Bertz CT molecular complexity index is 406. The summed E-state index contributed by atoms with van der Waals surface area (Å²) in [5, 5.41) is 2.60. The maximum absolute atomic E-state index is 11.7. The Morgan fingerprint density at radius 1 is 1.33 bits per heavy atom. The van der Waals surface area contributed by atoms with Crippen molar-refractivity contribution in [3.63, 3.8) is 0 Å². The number of methoxy groups -OCH3 is 1. The first-order valence-corrected chi connectivity index (χ1v) is 5.78.